The van der Waals surface area contributed by atoms with Crippen LogP contribution in [0.2, 0.25) is 0 Å². The van der Waals surface area contributed by atoms with Crippen molar-refractivity contribution >= 4 is 21.8 Å². The predicted octanol–water partition coefficient (Wildman–Crippen LogP) is 3.91. The number of furan rings is 1. The molecule has 5 rings (SSSR count). The lowest BCUT2D eigenvalue weighted by atomic mass is 9.54. The number of amides is 1. The van der Waals surface area contributed by atoms with E-state index in [0.717, 1.165) is 17.4 Å². The number of hydrogen-bond acceptors (Lipinski definition) is 2. The van der Waals surface area contributed by atoms with E-state index in [-0.39, 0.29) is 5.91 Å². The highest BCUT2D eigenvalue weighted by atomic mass is 79.9. The number of carbonyl (C=O) groups excluding carboxylic acids is 1. The summed E-state index contributed by atoms with van der Waals surface area (Å²) in [5, 5.41) is 3.28. The molecular formula is C16H20BrNO2. The van der Waals surface area contributed by atoms with Gasteiger partial charge in [0.1, 0.15) is 0 Å². The molecule has 20 heavy (non-hydrogen) atoms. The molecule has 1 aromatic rings. The first-order valence-corrected chi connectivity index (χ1v) is 8.46. The van der Waals surface area contributed by atoms with Crippen molar-refractivity contribution in [3.8, 4) is 0 Å². The van der Waals surface area contributed by atoms with E-state index < -0.39 is 0 Å². The highest BCUT2D eigenvalue weighted by Crippen LogP contribution is 2.53. The summed E-state index contributed by atoms with van der Waals surface area (Å²) < 4.78 is 6.10. The Morgan fingerprint density at radius 3 is 2.30 bits per heavy atom. The van der Waals surface area contributed by atoms with Crippen LogP contribution in [-0.2, 0) is 0 Å². The lowest BCUT2D eigenvalue weighted by molar-refractivity contribution is -0.0123. The topological polar surface area (TPSA) is 42.2 Å². The largest absolute Gasteiger partial charge is 0.444 e. The first kappa shape index (κ1) is 12.9. The highest BCUT2D eigenvalue weighted by Gasteiger charge is 2.48. The maximum Gasteiger partial charge on any atom is 0.287 e. The van der Waals surface area contributed by atoms with Crippen LogP contribution in [0.4, 0.5) is 0 Å². The Labute approximate surface area is 127 Å². The molecule has 0 aliphatic heterocycles. The van der Waals surface area contributed by atoms with Crippen LogP contribution in [0.25, 0.3) is 0 Å². The third-order valence-electron chi connectivity index (χ3n) is 5.62. The molecule has 108 valence electrons. The Morgan fingerprint density at radius 1 is 1.20 bits per heavy atom. The molecule has 1 amide bonds. The van der Waals surface area contributed by atoms with Crippen molar-refractivity contribution in [2.45, 2.75) is 45.1 Å². The van der Waals surface area contributed by atoms with E-state index in [4.69, 9.17) is 4.42 Å². The molecule has 4 saturated carbocycles. The first-order valence-electron chi connectivity index (χ1n) is 7.67. The Bertz CT molecular complexity index is 523. The monoisotopic (exact) mass is 337 g/mol. The fourth-order valence-corrected chi connectivity index (χ4v) is 5.55. The molecule has 4 fully saturated rings. The van der Waals surface area contributed by atoms with Crippen LogP contribution >= 0.6 is 15.9 Å². The van der Waals surface area contributed by atoms with E-state index in [1.54, 1.807) is 0 Å². The smallest absolute Gasteiger partial charge is 0.287 e. The molecule has 0 unspecified atom stereocenters. The van der Waals surface area contributed by atoms with Gasteiger partial charge in [0.2, 0.25) is 0 Å². The second-order valence-electron chi connectivity index (χ2n) is 6.99. The zero-order valence-corrected chi connectivity index (χ0v) is 13.3. The summed E-state index contributed by atoms with van der Waals surface area (Å²) in [6.07, 6.45) is 6.72. The summed E-state index contributed by atoms with van der Waals surface area (Å²) in [5.41, 5.74) is 0.901. The average molecular weight is 338 g/mol. The molecule has 0 aromatic carbocycles. The van der Waals surface area contributed by atoms with Gasteiger partial charge in [0.25, 0.3) is 5.91 Å². The molecule has 3 nitrogen and oxygen atoms in total. The molecule has 4 aliphatic rings. The maximum atomic E-state index is 12.4. The van der Waals surface area contributed by atoms with Crippen molar-refractivity contribution in [3.63, 3.8) is 0 Å². The average Bonchev–Trinajstić information content (AvgIpc) is 2.72. The summed E-state index contributed by atoms with van der Waals surface area (Å²) in [6.45, 7) is 1.92. The van der Waals surface area contributed by atoms with Crippen molar-refractivity contribution in [1.29, 1.82) is 0 Å². The van der Waals surface area contributed by atoms with E-state index >= 15 is 0 Å². The zero-order chi connectivity index (χ0) is 13.9. The molecule has 0 radical (unpaired) electrons. The molecule has 0 atom stereocenters. The van der Waals surface area contributed by atoms with Crippen molar-refractivity contribution in [3.05, 3.63) is 22.1 Å². The van der Waals surface area contributed by atoms with Gasteiger partial charge in [-0.2, -0.15) is 0 Å². The Morgan fingerprint density at radius 2 is 1.80 bits per heavy atom. The van der Waals surface area contributed by atoms with Gasteiger partial charge in [-0.1, -0.05) is 0 Å². The van der Waals surface area contributed by atoms with Gasteiger partial charge in [-0.25, -0.2) is 0 Å². The van der Waals surface area contributed by atoms with Crippen molar-refractivity contribution in [1.82, 2.24) is 5.32 Å². The van der Waals surface area contributed by atoms with Crippen molar-refractivity contribution in [2.24, 2.45) is 23.7 Å². The van der Waals surface area contributed by atoms with Crippen LogP contribution in [-0.4, -0.2) is 11.9 Å². The summed E-state index contributed by atoms with van der Waals surface area (Å²) in [5.74, 6) is 3.70. The van der Waals surface area contributed by atoms with E-state index in [9.17, 15) is 4.79 Å². The van der Waals surface area contributed by atoms with Gasteiger partial charge >= 0.3 is 0 Å². The second-order valence-corrected chi connectivity index (χ2v) is 7.77. The SMILES string of the molecule is Cc1cc(Br)oc1C(=O)NC1C2CC3CC(C2)CC1C3. The van der Waals surface area contributed by atoms with Gasteiger partial charge in [-0.3, -0.25) is 4.79 Å². The molecule has 1 aromatic heterocycles. The molecule has 4 bridgehead atoms. The molecule has 0 spiro atoms. The van der Waals surface area contributed by atoms with Crippen LogP contribution in [0.1, 0.15) is 48.2 Å². The van der Waals surface area contributed by atoms with Gasteiger partial charge < -0.3 is 9.73 Å². The van der Waals surface area contributed by atoms with Crippen LogP contribution < -0.4 is 5.32 Å². The lowest BCUT2D eigenvalue weighted by Crippen LogP contribution is -2.55. The minimum atomic E-state index is -0.0364. The molecule has 1 N–H and O–H groups in total. The van der Waals surface area contributed by atoms with Gasteiger partial charge in [0.15, 0.2) is 10.4 Å². The van der Waals surface area contributed by atoms with E-state index in [0.29, 0.717) is 28.3 Å². The third-order valence-corrected chi connectivity index (χ3v) is 6.01. The predicted molar refractivity (Wildman–Crippen MR) is 79.4 cm³/mol. The van der Waals surface area contributed by atoms with Crippen LogP contribution in [0.3, 0.4) is 0 Å². The number of carbonyl (C=O) groups is 1. The minimum absolute atomic E-state index is 0.0364. The molecule has 1 heterocycles. The van der Waals surface area contributed by atoms with Crippen LogP contribution in [0, 0.1) is 30.6 Å². The first-order chi connectivity index (χ1) is 9.60. The second kappa shape index (κ2) is 4.62. The Balaban J connectivity index is 1.52. The zero-order valence-electron chi connectivity index (χ0n) is 11.7. The third kappa shape index (κ3) is 2.03. The molecule has 4 aliphatic carbocycles. The van der Waals surface area contributed by atoms with Gasteiger partial charge in [-0.15, -0.1) is 0 Å². The fraction of sp³-hybridized carbons (Fsp3) is 0.688. The van der Waals surface area contributed by atoms with E-state index in [1.165, 1.54) is 32.1 Å². The number of halogens is 1. The van der Waals surface area contributed by atoms with E-state index in [1.807, 2.05) is 13.0 Å². The standard InChI is InChI=1S/C16H20BrNO2/c1-8-2-13(17)20-15(8)16(19)18-14-11-4-9-3-10(6-11)7-12(14)5-9/h2,9-12,14H,3-7H2,1H3,(H,18,19). The number of rotatable bonds is 2. The summed E-state index contributed by atoms with van der Waals surface area (Å²) in [7, 11) is 0. The van der Waals surface area contributed by atoms with Gasteiger partial charge in [-0.05, 0) is 84.7 Å². The number of aryl methyl sites for hydroxylation is 1. The maximum absolute atomic E-state index is 12.4. The number of nitrogens with one attached hydrogen (secondary N) is 1. The quantitative estimate of drug-likeness (QED) is 0.889. The molecular weight excluding hydrogens is 318 g/mol. The van der Waals surface area contributed by atoms with Crippen molar-refractivity contribution in [2.75, 3.05) is 0 Å². The van der Waals surface area contributed by atoms with E-state index in [2.05, 4.69) is 21.2 Å². The van der Waals surface area contributed by atoms with Crippen LogP contribution in [0.5, 0.6) is 0 Å². The normalized spacial score (nSPS) is 38.2. The minimum Gasteiger partial charge on any atom is -0.444 e. The summed E-state index contributed by atoms with van der Waals surface area (Å²) >= 11 is 3.29. The van der Waals surface area contributed by atoms with Crippen molar-refractivity contribution < 1.29 is 9.21 Å². The summed E-state index contributed by atoms with van der Waals surface area (Å²) in [4.78, 5) is 12.4. The summed E-state index contributed by atoms with van der Waals surface area (Å²) in [6, 6.07) is 2.23. The number of hydrogen-bond donors (Lipinski definition) is 1. The highest BCUT2D eigenvalue weighted by molar-refractivity contribution is 9.10. The molecule has 4 heteroatoms. The Kier molecular flexibility index (Phi) is 2.99. The van der Waals surface area contributed by atoms with Gasteiger partial charge in [0, 0.05) is 11.6 Å². The Hall–Kier alpha value is -0.770. The van der Waals surface area contributed by atoms with Crippen LogP contribution in [0.15, 0.2) is 15.2 Å². The lowest BCUT2D eigenvalue weighted by Gasteiger charge is -2.54. The van der Waals surface area contributed by atoms with Gasteiger partial charge in [0.05, 0.1) is 0 Å². The fourth-order valence-electron chi connectivity index (χ4n) is 5.05. The molecule has 0 saturated heterocycles.